The maximum atomic E-state index is 13.5. The van der Waals surface area contributed by atoms with Crippen molar-refractivity contribution in [2.24, 2.45) is 5.92 Å². The minimum absolute atomic E-state index is 0.0702. The number of halogens is 2. The largest absolute Gasteiger partial charge is 0.473 e. The van der Waals surface area contributed by atoms with Crippen LogP contribution in [0.15, 0.2) is 48.5 Å². The van der Waals surface area contributed by atoms with E-state index in [1.807, 2.05) is 0 Å². The van der Waals surface area contributed by atoms with E-state index >= 15 is 0 Å². The quantitative estimate of drug-likeness (QED) is 0.259. The fourth-order valence-corrected chi connectivity index (χ4v) is 4.46. The van der Waals surface area contributed by atoms with Crippen molar-refractivity contribution < 1.29 is 43.2 Å². The number of carbonyl (C=O) groups is 3. The molecular weight excluding hydrogens is 488 g/mol. The molecule has 3 N–H and O–H groups in total. The highest BCUT2D eigenvalue weighted by Crippen LogP contribution is 2.42. The first-order valence-corrected chi connectivity index (χ1v) is 12.2. The lowest BCUT2D eigenvalue weighted by atomic mass is 9.72. The summed E-state index contributed by atoms with van der Waals surface area (Å²) in [4.78, 5) is 32.0. The van der Waals surface area contributed by atoms with Crippen LogP contribution >= 0.6 is 0 Å². The highest BCUT2D eigenvalue weighted by atomic mass is 19.1. The third-order valence-corrected chi connectivity index (χ3v) is 6.34. The number of aliphatic carboxylic acids is 2. The molecule has 0 amide bonds. The highest BCUT2D eigenvalue weighted by molar-refractivity contribution is 6.27. The molecule has 202 valence electrons. The number of rotatable bonds is 9. The summed E-state index contributed by atoms with van der Waals surface area (Å²) in [5.74, 6) is -4.58. The number of carboxylic acid groups (broad SMARTS) is 2. The van der Waals surface area contributed by atoms with Gasteiger partial charge in [0.15, 0.2) is 0 Å². The summed E-state index contributed by atoms with van der Waals surface area (Å²) in [5.41, 5.74) is -0.0704. The molecule has 2 aromatic rings. The molecule has 1 aliphatic rings. The zero-order valence-corrected chi connectivity index (χ0v) is 20.7. The lowest BCUT2D eigenvalue weighted by molar-refractivity contribution is -0.159. The van der Waals surface area contributed by atoms with Gasteiger partial charge in [-0.1, -0.05) is 24.3 Å². The molecule has 0 atom stereocenters. The summed E-state index contributed by atoms with van der Waals surface area (Å²) in [6.07, 6.45) is 3.70. The second kappa shape index (κ2) is 14.4. The number of benzene rings is 2. The minimum Gasteiger partial charge on any atom is -0.473 e. The van der Waals surface area contributed by atoms with Crippen LogP contribution in [0.5, 0.6) is 0 Å². The number of hydrogen-bond acceptors (Lipinski definition) is 6. The Morgan fingerprint density at radius 3 is 1.76 bits per heavy atom. The number of unbranched alkanes of at least 4 members (excludes halogenated alkanes) is 1. The molecule has 8 nitrogen and oxygen atoms in total. The summed E-state index contributed by atoms with van der Waals surface area (Å²) in [6, 6.07) is 11.8. The van der Waals surface area contributed by atoms with E-state index < -0.39 is 17.5 Å². The molecule has 2 aromatic carbocycles. The Labute approximate surface area is 214 Å². The van der Waals surface area contributed by atoms with Crippen LogP contribution in [0, 0.1) is 17.6 Å². The van der Waals surface area contributed by atoms with Gasteiger partial charge >= 0.3 is 17.9 Å². The first kappa shape index (κ1) is 29.9. The second-order valence-electron chi connectivity index (χ2n) is 8.77. The van der Waals surface area contributed by atoms with Crippen molar-refractivity contribution in [1.82, 2.24) is 4.90 Å². The van der Waals surface area contributed by atoms with Crippen LogP contribution in [-0.2, 0) is 24.7 Å². The van der Waals surface area contributed by atoms with Crippen LogP contribution in [0.2, 0.25) is 0 Å². The molecule has 1 heterocycles. The Morgan fingerprint density at radius 1 is 0.892 bits per heavy atom. The average Bonchev–Trinajstić information content (AvgIpc) is 2.88. The summed E-state index contributed by atoms with van der Waals surface area (Å²) in [5, 5.41) is 26.6. The summed E-state index contributed by atoms with van der Waals surface area (Å²) >= 11 is 0. The molecular formula is C27H33F2NO7. The number of carboxylic acids is 2. The minimum atomic E-state index is -1.82. The van der Waals surface area contributed by atoms with E-state index in [0.717, 1.165) is 45.3 Å². The Bertz CT molecular complexity index is 963. The first-order valence-electron chi connectivity index (χ1n) is 12.2. The second-order valence-corrected chi connectivity index (χ2v) is 8.77. The van der Waals surface area contributed by atoms with Gasteiger partial charge in [0, 0.05) is 6.42 Å². The van der Waals surface area contributed by atoms with Crippen LogP contribution in [0.1, 0.15) is 50.2 Å². The predicted octanol–water partition coefficient (Wildman–Crippen LogP) is 3.80. The van der Waals surface area contributed by atoms with E-state index in [4.69, 9.17) is 24.5 Å². The van der Waals surface area contributed by atoms with E-state index in [0.29, 0.717) is 24.2 Å². The number of aliphatic hydroxyl groups is 1. The smallest absolute Gasteiger partial charge is 0.414 e. The molecule has 1 saturated heterocycles. The molecule has 0 aromatic heterocycles. The summed E-state index contributed by atoms with van der Waals surface area (Å²) in [7, 11) is 0. The molecule has 1 fully saturated rings. The maximum absolute atomic E-state index is 13.5. The van der Waals surface area contributed by atoms with Crippen molar-refractivity contribution in [3.63, 3.8) is 0 Å². The van der Waals surface area contributed by atoms with Crippen LogP contribution < -0.4 is 0 Å². The Hall–Kier alpha value is -3.37. The van der Waals surface area contributed by atoms with Gasteiger partial charge in [-0.2, -0.15) is 0 Å². The SMILES string of the molecule is CCOC(=O)CCCCN1CCC(C(O)(c2ccc(F)cc2)c2ccc(F)cc2)CC1.O=C(O)C(=O)O. The number of likely N-dealkylation sites (tertiary alicyclic amines) is 1. The van der Waals surface area contributed by atoms with E-state index in [1.54, 1.807) is 31.2 Å². The highest BCUT2D eigenvalue weighted by Gasteiger charge is 2.41. The van der Waals surface area contributed by atoms with Gasteiger partial charge in [0.2, 0.25) is 0 Å². The maximum Gasteiger partial charge on any atom is 0.414 e. The van der Waals surface area contributed by atoms with Gasteiger partial charge < -0.3 is 25.0 Å². The van der Waals surface area contributed by atoms with E-state index in [1.165, 1.54) is 24.3 Å². The molecule has 10 heteroatoms. The lowest BCUT2D eigenvalue weighted by Crippen LogP contribution is -2.44. The van der Waals surface area contributed by atoms with Crippen molar-refractivity contribution in [3.8, 4) is 0 Å². The lowest BCUT2D eigenvalue weighted by Gasteiger charge is -2.42. The number of ether oxygens (including phenoxy) is 1. The van der Waals surface area contributed by atoms with Gasteiger partial charge in [0.05, 0.1) is 6.61 Å². The number of nitrogens with zero attached hydrogens (tertiary/aromatic N) is 1. The van der Waals surface area contributed by atoms with Crippen molar-refractivity contribution in [1.29, 1.82) is 0 Å². The standard InChI is InChI=1S/C25H31F2NO3.C2H2O4/c1-2-31-24(29)5-3-4-16-28-17-14-21(15-18-28)25(30,19-6-10-22(26)11-7-19)20-8-12-23(27)13-9-20;3-1(4)2(5)6/h6-13,21,30H,2-5,14-18H2,1H3;(H,3,4)(H,5,6). The van der Waals surface area contributed by atoms with Gasteiger partial charge in [-0.25, -0.2) is 18.4 Å². The molecule has 0 saturated carbocycles. The van der Waals surface area contributed by atoms with Crippen molar-refractivity contribution in [3.05, 3.63) is 71.3 Å². The Balaban J connectivity index is 0.000000717. The zero-order valence-electron chi connectivity index (χ0n) is 20.7. The van der Waals surface area contributed by atoms with Gasteiger partial charge in [-0.15, -0.1) is 0 Å². The average molecular weight is 522 g/mol. The van der Waals surface area contributed by atoms with E-state index in [9.17, 15) is 18.7 Å². The molecule has 3 rings (SSSR count). The van der Waals surface area contributed by atoms with Crippen LogP contribution in [0.4, 0.5) is 8.78 Å². The fraction of sp³-hybridized carbons (Fsp3) is 0.444. The van der Waals surface area contributed by atoms with Crippen LogP contribution in [0.25, 0.3) is 0 Å². The van der Waals surface area contributed by atoms with Gasteiger partial charge in [-0.3, -0.25) is 4.79 Å². The van der Waals surface area contributed by atoms with Crippen molar-refractivity contribution in [2.75, 3.05) is 26.2 Å². The summed E-state index contributed by atoms with van der Waals surface area (Å²) in [6.45, 7) is 4.78. The van der Waals surface area contributed by atoms with Gasteiger partial charge in [-0.05, 0) is 93.6 Å². The third-order valence-electron chi connectivity index (χ3n) is 6.34. The Kier molecular flexibility index (Phi) is 11.6. The fourth-order valence-electron chi connectivity index (χ4n) is 4.46. The monoisotopic (exact) mass is 521 g/mol. The van der Waals surface area contributed by atoms with Crippen LogP contribution in [0.3, 0.4) is 0 Å². The number of esters is 1. The van der Waals surface area contributed by atoms with E-state index in [2.05, 4.69) is 4.90 Å². The zero-order chi connectivity index (χ0) is 27.4. The molecule has 0 radical (unpaired) electrons. The van der Waals surface area contributed by atoms with Gasteiger partial charge in [0.25, 0.3) is 0 Å². The van der Waals surface area contributed by atoms with Crippen molar-refractivity contribution >= 4 is 17.9 Å². The molecule has 0 unspecified atom stereocenters. The topological polar surface area (TPSA) is 124 Å². The van der Waals surface area contributed by atoms with Crippen molar-refractivity contribution in [2.45, 2.75) is 44.6 Å². The molecule has 0 aliphatic carbocycles. The normalized spacial score (nSPS) is 14.4. The van der Waals surface area contributed by atoms with Crippen LogP contribution in [-0.4, -0.2) is 64.4 Å². The first-order chi connectivity index (χ1) is 17.6. The Morgan fingerprint density at radius 2 is 1.35 bits per heavy atom. The number of hydrogen-bond donors (Lipinski definition) is 3. The number of piperidine rings is 1. The van der Waals surface area contributed by atoms with Gasteiger partial charge in [0.1, 0.15) is 17.2 Å². The summed E-state index contributed by atoms with van der Waals surface area (Å²) < 4.78 is 32.0. The molecule has 1 aliphatic heterocycles. The van der Waals surface area contributed by atoms with E-state index in [-0.39, 0.29) is 23.5 Å². The molecule has 37 heavy (non-hydrogen) atoms. The number of carbonyl (C=O) groups excluding carboxylic acids is 1. The third kappa shape index (κ3) is 8.91. The molecule has 0 bridgehead atoms. The predicted molar refractivity (Wildman–Crippen MR) is 131 cm³/mol. The molecule has 0 spiro atoms.